The molecule has 1 atom stereocenters. The van der Waals surface area contributed by atoms with E-state index in [4.69, 9.17) is 9.15 Å². The number of nitrogens with zero attached hydrogens (tertiary/aromatic N) is 2. The molecule has 0 aliphatic carbocycles. The zero-order valence-electron chi connectivity index (χ0n) is 22.6. The average molecular weight is 503 g/mol. The summed E-state index contributed by atoms with van der Waals surface area (Å²) < 4.78 is 11.9. The monoisotopic (exact) mass is 502 g/mol. The molecule has 2 heterocycles. The Morgan fingerprint density at radius 2 is 1.78 bits per heavy atom. The number of aryl methyl sites for hydroxylation is 1. The van der Waals surface area contributed by atoms with Crippen molar-refractivity contribution in [1.29, 1.82) is 0 Å². The van der Waals surface area contributed by atoms with Crippen LogP contribution in [0.5, 0.6) is 5.75 Å². The SMILES string of the molecule is CCN(CC)C(=O)c1ccc(COc2ccc3c(c2)C(c2ccc(C)cc2)N(C(=O)CC(C)C)CC3)o1. The summed E-state index contributed by atoms with van der Waals surface area (Å²) in [5.41, 5.74) is 4.62. The maximum absolute atomic E-state index is 13.3. The van der Waals surface area contributed by atoms with E-state index in [9.17, 15) is 9.59 Å². The summed E-state index contributed by atoms with van der Waals surface area (Å²) >= 11 is 0. The summed E-state index contributed by atoms with van der Waals surface area (Å²) in [7, 11) is 0. The molecule has 2 amide bonds. The lowest BCUT2D eigenvalue weighted by molar-refractivity contribution is -0.134. The summed E-state index contributed by atoms with van der Waals surface area (Å²) in [6, 6.07) is 17.9. The second-order valence-electron chi connectivity index (χ2n) is 10.1. The van der Waals surface area contributed by atoms with Crippen LogP contribution in [-0.2, 0) is 17.8 Å². The Bertz CT molecular complexity index is 1220. The molecule has 1 aliphatic heterocycles. The predicted molar refractivity (Wildman–Crippen MR) is 145 cm³/mol. The van der Waals surface area contributed by atoms with Crippen molar-refractivity contribution in [2.24, 2.45) is 5.92 Å². The van der Waals surface area contributed by atoms with Gasteiger partial charge in [0, 0.05) is 26.1 Å². The van der Waals surface area contributed by atoms with Gasteiger partial charge >= 0.3 is 0 Å². The van der Waals surface area contributed by atoms with E-state index < -0.39 is 0 Å². The number of benzene rings is 2. The quantitative estimate of drug-likeness (QED) is 0.351. The summed E-state index contributed by atoms with van der Waals surface area (Å²) in [4.78, 5) is 29.6. The van der Waals surface area contributed by atoms with Crippen molar-refractivity contribution >= 4 is 11.8 Å². The molecule has 6 heteroatoms. The van der Waals surface area contributed by atoms with Crippen LogP contribution in [0.3, 0.4) is 0 Å². The Balaban J connectivity index is 1.57. The Morgan fingerprint density at radius 3 is 2.46 bits per heavy atom. The Morgan fingerprint density at radius 1 is 1.05 bits per heavy atom. The Hall–Kier alpha value is -3.54. The van der Waals surface area contributed by atoms with E-state index in [0.29, 0.717) is 49.2 Å². The minimum absolute atomic E-state index is 0.114. The van der Waals surface area contributed by atoms with E-state index in [1.807, 2.05) is 24.8 Å². The molecule has 4 rings (SSSR count). The number of rotatable bonds is 9. The highest BCUT2D eigenvalue weighted by molar-refractivity contribution is 5.91. The normalized spacial score (nSPS) is 15.0. The number of amides is 2. The first-order valence-electron chi connectivity index (χ1n) is 13.3. The van der Waals surface area contributed by atoms with Crippen LogP contribution < -0.4 is 4.74 Å². The van der Waals surface area contributed by atoms with Crippen molar-refractivity contribution < 1.29 is 18.7 Å². The maximum atomic E-state index is 13.3. The molecule has 0 saturated heterocycles. The molecule has 0 saturated carbocycles. The second kappa shape index (κ2) is 11.7. The van der Waals surface area contributed by atoms with Crippen molar-refractivity contribution in [3.05, 3.63) is 88.4 Å². The average Bonchev–Trinajstić information content (AvgIpc) is 3.36. The van der Waals surface area contributed by atoms with Crippen LogP contribution in [-0.4, -0.2) is 41.2 Å². The van der Waals surface area contributed by atoms with Gasteiger partial charge in [-0.05, 0) is 74.1 Å². The van der Waals surface area contributed by atoms with Crippen molar-refractivity contribution in [3.8, 4) is 5.75 Å². The van der Waals surface area contributed by atoms with E-state index in [-0.39, 0.29) is 24.5 Å². The Kier molecular flexibility index (Phi) is 8.37. The van der Waals surface area contributed by atoms with Gasteiger partial charge in [-0.1, -0.05) is 49.7 Å². The molecule has 1 aromatic heterocycles. The molecular weight excluding hydrogens is 464 g/mol. The fraction of sp³-hybridized carbons (Fsp3) is 0.419. The summed E-state index contributed by atoms with van der Waals surface area (Å²) in [5, 5.41) is 0. The van der Waals surface area contributed by atoms with Crippen LogP contribution in [0.4, 0.5) is 0 Å². The minimum Gasteiger partial charge on any atom is -0.486 e. The van der Waals surface area contributed by atoms with E-state index in [2.05, 4.69) is 57.2 Å². The van der Waals surface area contributed by atoms with Gasteiger partial charge in [0.2, 0.25) is 5.91 Å². The van der Waals surface area contributed by atoms with E-state index in [1.165, 1.54) is 11.1 Å². The first-order chi connectivity index (χ1) is 17.8. The van der Waals surface area contributed by atoms with Crippen LogP contribution in [0.1, 0.15) is 78.7 Å². The highest BCUT2D eigenvalue weighted by Crippen LogP contribution is 2.38. The lowest BCUT2D eigenvalue weighted by atomic mass is 9.87. The van der Waals surface area contributed by atoms with Crippen molar-refractivity contribution in [1.82, 2.24) is 9.80 Å². The van der Waals surface area contributed by atoms with Gasteiger partial charge < -0.3 is 19.0 Å². The first-order valence-corrected chi connectivity index (χ1v) is 13.3. The van der Waals surface area contributed by atoms with E-state index in [0.717, 1.165) is 17.5 Å². The van der Waals surface area contributed by atoms with Gasteiger partial charge in [-0.25, -0.2) is 0 Å². The molecule has 0 N–H and O–H groups in total. The van der Waals surface area contributed by atoms with Gasteiger partial charge in [-0.2, -0.15) is 0 Å². The molecule has 0 fully saturated rings. The number of hydrogen-bond acceptors (Lipinski definition) is 4. The van der Waals surface area contributed by atoms with Crippen molar-refractivity contribution in [3.63, 3.8) is 0 Å². The molecule has 0 radical (unpaired) electrons. The fourth-order valence-corrected chi connectivity index (χ4v) is 4.92. The third-order valence-electron chi connectivity index (χ3n) is 6.95. The van der Waals surface area contributed by atoms with Gasteiger partial charge in [-0.3, -0.25) is 9.59 Å². The third kappa shape index (κ3) is 6.07. The highest BCUT2D eigenvalue weighted by atomic mass is 16.5. The summed E-state index contributed by atoms with van der Waals surface area (Å²) in [5.74, 6) is 2.00. The molecule has 1 aliphatic rings. The van der Waals surface area contributed by atoms with Crippen LogP contribution in [0.25, 0.3) is 0 Å². The number of carbonyl (C=O) groups is 2. The van der Waals surface area contributed by atoms with Crippen molar-refractivity contribution in [2.75, 3.05) is 19.6 Å². The highest BCUT2D eigenvalue weighted by Gasteiger charge is 2.32. The van der Waals surface area contributed by atoms with Crippen molar-refractivity contribution in [2.45, 2.75) is 60.1 Å². The second-order valence-corrected chi connectivity index (χ2v) is 10.1. The topological polar surface area (TPSA) is 63.0 Å². The Labute approximate surface area is 220 Å². The molecule has 37 heavy (non-hydrogen) atoms. The standard InChI is InChI=1S/C31H38N2O4/c1-6-32(7-2)31(35)28-15-14-26(37-28)20-36-25-13-12-23-16-17-33(29(34)18-21(3)4)30(27(23)19-25)24-10-8-22(5)9-11-24/h8-15,19,21,30H,6-7,16-18,20H2,1-5H3. The largest absolute Gasteiger partial charge is 0.486 e. The third-order valence-corrected chi connectivity index (χ3v) is 6.95. The van der Waals surface area contributed by atoms with Crippen LogP contribution in [0.15, 0.2) is 59.0 Å². The molecule has 0 bridgehead atoms. The summed E-state index contributed by atoms with van der Waals surface area (Å²) in [6.45, 7) is 12.3. The number of fused-ring (bicyclic) bond motifs is 1. The van der Waals surface area contributed by atoms with Gasteiger partial charge in [0.1, 0.15) is 18.1 Å². The maximum Gasteiger partial charge on any atom is 0.289 e. The zero-order valence-corrected chi connectivity index (χ0v) is 22.6. The predicted octanol–water partition coefficient (Wildman–Crippen LogP) is 6.17. The molecule has 6 nitrogen and oxygen atoms in total. The molecular formula is C31H38N2O4. The van der Waals surface area contributed by atoms with Crippen LogP contribution >= 0.6 is 0 Å². The number of hydrogen-bond donors (Lipinski definition) is 0. The van der Waals surface area contributed by atoms with Crippen LogP contribution in [0.2, 0.25) is 0 Å². The van der Waals surface area contributed by atoms with Gasteiger partial charge in [0.05, 0.1) is 6.04 Å². The van der Waals surface area contributed by atoms with E-state index >= 15 is 0 Å². The van der Waals surface area contributed by atoms with Gasteiger partial charge in [0.25, 0.3) is 5.91 Å². The lowest BCUT2D eigenvalue weighted by Crippen LogP contribution is -2.41. The number of furan rings is 1. The van der Waals surface area contributed by atoms with Gasteiger partial charge in [0.15, 0.2) is 5.76 Å². The molecule has 3 aromatic rings. The smallest absolute Gasteiger partial charge is 0.289 e. The number of ether oxygens (including phenoxy) is 1. The molecule has 196 valence electrons. The first kappa shape index (κ1) is 26.5. The van der Waals surface area contributed by atoms with E-state index in [1.54, 1.807) is 17.0 Å². The summed E-state index contributed by atoms with van der Waals surface area (Å²) in [6.07, 6.45) is 1.34. The molecule has 2 aromatic carbocycles. The molecule has 0 spiro atoms. The van der Waals surface area contributed by atoms with Crippen LogP contribution in [0, 0.1) is 12.8 Å². The number of carbonyl (C=O) groups excluding carboxylic acids is 2. The fourth-order valence-electron chi connectivity index (χ4n) is 4.92. The molecule has 1 unspecified atom stereocenters. The zero-order chi connectivity index (χ0) is 26.5. The lowest BCUT2D eigenvalue weighted by Gasteiger charge is -2.38. The minimum atomic E-state index is -0.152. The van der Waals surface area contributed by atoms with Gasteiger partial charge in [-0.15, -0.1) is 0 Å².